The Morgan fingerprint density at radius 2 is 0.804 bits per heavy atom. The number of fused-ring (bicyclic) bond motifs is 3. The van der Waals surface area contributed by atoms with Crippen molar-refractivity contribution in [3.05, 3.63) is 182 Å². The van der Waals surface area contributed by atoms with E-state index in [1.165, 1.54) is 5.56 Å². The average molecular weight is 653 g/mol. The molecule has 4 nitrogen and oxygen atoms in total. The fourth-order valence-electron chi connectivity index (χ4n) is 6.71. The topological polar surface area (TPSA) is 51.6 Å². The van der Waals surface area contributed by atoms with Crippen LogP contribution in [0, 0.1) is 6.92 Å². The minimum Gasteiger partial charge on any atom is -0.251 e. The number of aromatic nitrogens is 4. The molecule has 0 bridgehead atoms. The molecule has 3 aromatic heterocycles. The maximum absolute atomic E-state index is 5.19. The third-order valence-electron chi connectivity index (χ3n) is 9.39. The predicted octanol–water partition coefficient (Wildman–Crippen LogP) is 11.9. The van der Waals surface area contributed by atoms with Crippen molar-refractivity contribution in [3.63, 3.8) is 0 Å². The van der Waals surface area contributed by atoms with Crippen molar-refractivity contribution in [2.24, 2.45) is 0 Å². The van der Waals surface area contributed by atoms with Crippen LogP contribution < -0.4 is 0 Å². The first-order valence-corrected chi connectivity index (χ1v) is 17.1. The second-order valence-corrected chi connectivity index (χ2v) is 12.8. The lowest BCUT2D eigenvalue weighted by Crippen LogP contribution is -1.96. The average Bonchev–Trinajstić information content (AvgIpc) is 3.21. The van der Waals surface area contributed by atoms with Crippen LogP contribution >= 0.6 is 0 Å². The molecule has 0 amide bonds. The summed E-state index contributed by atoms with van der Waals surface area (Å²) in [7, 11) is 0. The monoisotopic (exact) mass is 652 g/mol. The molecule has 0 aliphatic carbocycles. The van der Waals surface area contributed by atoms with Gasteiger partial charge >= 0.3 is 0 Å². The summed E-state index contributed by atoms with van der Waals surface area (Å²) in [5.74, 6) is 0.692. The number of benzene rings is 6. The molecular weight excluding hydrogens is 621 g/mol. The zero-order valence-corrected chi connectivity index (χ0v) is 28.0. The summed E-state index contributed by atoms with van der Waals surface area (Å²) in [6, 6.07) is 61.0. The maximum atomic E-state index is 5.19. The van der Waals surface area contributed by atoms with E-state index in [1.807, 2.05) is 37.3 Å². The van der Waals surface area contributed by atoms with Gasteiger partial charge in [-0.3, -0.25) is 4.98 Å². The van der Waals surface area contributed by atoms with Crippen LogP contribution in [0.3, 0.4) is 0 Å². The van der Waals surface area contributed by atoms with Crippen molar-refractivity contribution >= 4 is 21.8 Å². The molecule has 9 rings (SSSR count). The molecular formula is C47H32N4. The second-order valence-electron chi connectivity index (χ2n) is 12.8. The number of hydrogen-bond acceptors (Lipinski definition) is 4. The summed E-state index contributed by atoms with van der Waals surface area (Å²) in [5, 5.41) is 2.15. The van der Waals surface area contributed by atoms with Crippen molar-refractivity contribution in [1.29, 1.82) is 0 Å². The Balaban J connectivity index is 1.15. The van der Waals surface area contributed by atoms with Gasteiger partial charge in [-0.05, 0) is 47.4 Å². The minimum atomic E-state index is 0.692. The second kappa shape index (κ2) is 12.9. The van der Waals surface area contributed by atoms with E-state index in [0.717, 1.165) is 83.5 Å². The normalized spacial score (nSPS) is 11.2. The van der Waals surface area contributed by atoms with Crippen LogP contribution in [0.4, 0.5) is 0 Å². The summed E-state index contributed by atoms with van der Waals surface area (Å²) < 4.78 is 0. The Morgan fingerprint density at radius 1 is 0.333 bits per heavy atom. The van der Waals surface area contributed by atoms with Gasteiger partial charge in [0.2, 0.25) is 0 Å². The SMILES string of the molecule is Cc1ccc2ccc3c(-c4ccc(-c5cc(-c6ccccc6)nc(-c6ccc(-c7ccccc7)cc6)n5)cc4)cc(-c4ccccc4)nc3c2n1. The van der Waals surface area contributed by atoms with Crippen molar-refractivity contribution in [2.75, 3.05) is 0 Å². The van der Waals surface area contributed by atoms with E-state index in [0.29, 0.717) is 5.82 Å². The zero-order valence-electron chi connectivity index (χ0n) is 28.0. The van der Waals surface area contributed by atoms with E-state index in [9.17, 15) is 0 Å². The van der Waals surface area contributed by atoms with Crippen LogP contribution in [0.2, 0.25) is 0 Å². The Bertz CT molecular complexity index is 2650. The molecule has 0 aliphatic rings. The lowest BCUT2D eigenvalue weighted by Gasteiger charge is -2.13. The van der Waals surface area contributed by atoms with Crippen molar-refractivity contribution in [2.45, 2.75) is 6.92 Å². The largest absolute Gasteiger partial charge is 0.251 e. The molecule has 0 saturated heterocycles. The van der Waals surface area contributed by atoms with Crippen LogP contribution in [0.15, 0.2) is 176 Å². The Labute approximate surface area is 296 Å². The highest BCUT2D eigenvalue weighted by Gasteiger charge is 2.15. The number of aryl methyl sites for hydroxylation is 1. The van der Waals surface area contributed by atoms with Gasteiger partial charge in [-0.15, -0.1) is 0 Å². The zero-order chi connectivity index (χ0) is 34.1. The van der Waals surface area contributed by atoms with Gasteiger partial charge in [0.25, 0.3) is 0 Å². The standard InChI is InChI=1S/C47H32N4/c1-31-17-18-38-27-28-40-41(29-42(35-13-7-3-8-14-35)49-46(40)45(38)48-31)34-21-23-37(24-22-34)44-30-43(36-15-9-4-10-16-36)50-47(51-44)39-25-19-33(20-26-39)32-11-5-2-6-12-32/h2-30H,1H3. The first kappa shape index (κ1) is 30.3. The summed E-state index contributed by atoms with van der Waals surface area (Å²) in [6.45, 7) is 2.03. The molecule has 0 saturated carbocycles. The number of nitrogens with zero attached hydrogens (tertiary/aromatic N) is 4. The fourth-order valence-corrected chi connectivity index (χ4v) is 6.71. The van der Waals surface area contributed by atoms with E-state index >= 15 is 0 Å². The van der Waals surface area contributed by atoms with E-state index in [2.05, 4.69) is 146 Å². The molecule has 0 radical (unpaired) electrons. The van der Waals surface area contributed by atoms with E-state index < -0.39 is 0 Å². The highest BCUT2D eigenvalue weighted by Crippen LogP contribution is 2.36. The quantitative estimate of drug-likeness (QED) is 0.168. The van der Waals surface area contributed by atoms with Gasteiger partial charge < -0.3 is 0 Å². The molecule has 3 heterocycles. The molecule has 0 unspecified atom stereocenters. The number of rotatable bonds is 6. The van der Waals surface area contributed by atoms with Crippen LogP contribution in [-0.4, -0.2) is 19.9 Å². The van der Waals surface area contributed by atoms with Crippen molar-refractivity contribution in [3.8, 4) is 67.4 Å². The van der Waals surface area contributed by atoms with Gasteiger partial charge in [0.15, 0.2) is 5.82 Å². The van der Waals surface area contributed by atoms with Crippen LogP contribution in [-0.2, 0) is 0 Å². The first-order chi connectivity index (χ1) is 25.2. The lowest BCUT2D eigenvalue weighted by atomic mass is 9.96. The molecule has 4 heteroatoms. The third-order valence-corrected chi connectivity index (χ3v) is 9.39. The molecule has 0 spiro atoms. The van der Waals surface area contributed by atoms with Gasteiger partial charge in [0.1, 0.15) is 0 Å². The summed E-state index contributed by atoms with van der Waals surface area (Å²) >= 11 is 0. The van der Waals surface area contributed by atoms with Crippen LogP contribution in [0.25, 0.3) is 89.2 Å². The van der Waals surface area contributed by atoms with Crippen molar-refractivity contribution in [1.82, 2.24) is 19.9 Å². The molecule has 0 fully saturated rings. The summed E-state index contributed by atoms with van der Waals surface area (Å²) in [6.07, 6.45) is 0. The van der Waals surface area contributed by atoms with Gasteiger partial charge in [-0.1, -0.05) is 158 Å². The van der Waals surface area contributed by atoms with Gasteiger partial charge in [-0.2, -0.15) is 0 Å². The highest BCUT2D eigenvalue weighted by molar-refractivity contribution is 6.09. The van der Waals surface area contributed by atoms with E-state index in [4.69, 9.17) is 19.9 Å². The molecule has 0 N–H and O–H groups in total. The summed E-state index contributed by atoms with van der Waals surface area (Å²) in [5.41, 5.74) is 14.1. The van der Waals surface area contributed by atoms with Crippen LogP contribution in [0.1, 0.15) is 5.69 Å². The minimum absolute atomic E-state index is 0.692. The van der Waals surface area contributed by atoms with E-state index in [-0.39, 0.29) is 0 Å². The Hall–Kier alpha value is -6.78. The van der Waals surface area contributed by atoms with Gasteiger partial charge in [0, 0.05) is 38.7 Å². The smallest absolute Gasteiger partial charge is 0.160 e. The van der Waals surface area contributed by atoms with Gasteiger partial charge in [0.05, 0.1) is 28.1 Å². The molecule has 6 aromatic carbocycles. The molecule has 240 valence electrons. The first-order valence-electron chi connectivity index (χ1n) is 17.1. The summed E-state index contributed by atoms with van der Waals surface area (Å²) in [4.78, 5) is 20.3. The van der Waals surface area contributed by atoms with Crippen molar-refractivity contribution < 1.29 is 0 Å². The Kier molecular flexibility index (Phi) is 7.67. The third kappa shape index (κ3) is 5.94. The lowest BCUT2D eigenvalue weighted by molar-refractivity contribution is 1.18. The molecule has 51 heavy (non-hydrogen) atoms. The molecule has 0 atom stereocenters. The Morgan fingerprint density at radius 3 is 1.43 bits per heavy atom. The van der Waals surface area contributed by atoms with Crippen LogP contribution in [0.5, 0.6) is 0 Å². The fraction of sp³-hybridized carbons (Fsp3) is 0.0213. The maximum Gasteiger partial charge on any atom is 0.160 e. The number of hydrogen-bond donors (Lipinski definition) is 0. The number of pyridine rings is 2. The van der Waals surface area contributed by atoms with Gasteiger partial charge in [-0.25, -0.2) is 15.0 Å². The predicted molar refractivity (Wildman–Crippen MR) is 210 cm³/mol. The molecule has 0 aliphatic heterocycles. The highest BCUT2D eigenvalue weighted by atomic mass is 14.9. The molecule has 9 aromatic rings. The van der Waals surface area contributed by atoms with E-state index in [1.54, 1.807) is 0 Å².